The Hall–Kier alpha value is -2.00. The van der Waals surface area contributed by atoms with Crippen LogP contribution in [-0.2, 0) is 4.79 Å². The van der Waals surface area contributed by atoms with E-state index in [-0.39, 0.29) is 5.91 Å². The highest BCUT2D eigenvalue weighted by atomic mass is 35.5. The Balaban J connectivity index is 1.96. The lowest BCUT2D eigenvalue weighted by atomic mass is 10.0. The second kappa shape index (κ2) is 7.32. The fraction of sp³-hybridized carbons (Fsp3) is 0.278. The van der Waals surface area contributed by atoms with E-state index in [1.807, 2.05) is 24.3 Å². The highest BCUT2D eigenvalue weighted by molar-refractivity contribution is 6.30. The maximum Gasteiger partial charge on any atom is 0.265 e. The van der Waals surface area contributed by atoms with E-state index in [2.05, 4.69) is 19.2 Å². The van der Waals surface area contributed by atoms with Crippen LogP contribution in [0.3, 0.4) is 0 Å². The summed E-state index contributed by atoms with van der Waals surface area (Å²) in [5.41, 5.74) is 1.89. The summed E-state index contributed by atoms with van der Waals surface area (Å²) in [7, 11) is 0. The normalized spacial score (nSPS) is 12.0. The van der Waals surface area contributed by atoms with Crippen molar-refractivity contribution >= 4 is 23.2 Å². The zero-order valence-electron chi connectivity index (χ0n) is 13.0. The molecule has 0 spiro atoms. The number of carbonyl (C=O) groups excluding carboxylic acids is 1. The van der Waals surface area contributed by atoms with Gasteiger partial charge in [-0.15, -0.1) is 0 Å². The van der Waals surface area contributed by atoms with Gasteiger partial charge in [-0.05, 0) is 48.7 Å². The molecular weight excluding hydrogens is 298 g/mol. The number of hydrogen-bond acceptors (Lipinski definition) is 2. The van der Waals surface area contributed by atoms with Gasteiger partial charge in [-0.1, -0.05) is 43.6 Å². The Morgan fingerprint density at radius 1 is 1.09 bits per heavy atom. The molecule has 2 aromatic carbocycles. The number of rotatable bonds is 5. The van der Waals surface area contributed by atoms with Gasteiger partial charge < -0.3 is 10.1 Å². The summed E-state index contributed by atoms with van der Waals surface area (Å²) in [6.07, 6.45) is -0.594. The third-order valence-corrected chi connectivity index (χ3v) is 3.56. The van der Waals surface area contributed by atoms with Gasteiger partial charge in [0.1, 0.15) is 5.75 Å². The van der Waals surface area contributed by atoms with E-state index in [0.717, 1.165) is 0 Å². The molecule has 22 heavy (non-hydrogen) atoms. The third kappa shape index (κ3) is 4.50. The quantitative estimate of drug-likeness (QED) is 0.854. The highest BCUT2D eigenvalue weighted by Gasteiger charge is 2.15. The molecule has 0 aliphatic heterocycles. The minimum absolute atomic E-state index is 0.213. The summed E-state index contributed by atoms with van der Waals surface area (Å²) >= 11 is 5.90. The van der Waals surface area contributed by atoms with E-state index in [9.17, 15) is 4.79 Å². The minimum Gasteiger partial charge on any atom is -0.481 e. The standard InChI is InChI=1S/C18H20ClNO2/c1-12(2)14-7-9-17(10-8-14)22-13(3)18(21)20-16-6-4-5-15(19)11-16/h4-13H,1-3H3,(H,20,21)/t13-/m1/s1. The molecule has 1 atom stereocenters. The first-order chi connectivity index (χ1) is 10.5. The lowest BCUT2D eigenvalue weighted by Crippen LogP contribution is -2.30. The van der Waals surface area contributed by atoms with Crippen molar-refractivity contribution in [3.63, 3.8) is 0 Å². The second-order valence-electron chi connectivity index (χ2n) is 5.48. The molecule has 3 nitrogen and oxygen atoms in total. The zero-order valence-corrected chi connectivity index (χ0v) is 13.7. The molecule has 116 valence electrons. The van der Waals surface area contributed by atoms with Gasteiger partial charge in [-0.3, -0.25) is 4.79 Å². The lowest BCUT2D eigenvalue weighted by Gasteiger charge is -2.15. The third-order valence-electron chi connectivity index (χ3n) is 3.32. The molecule has 1 amide bonds. The summed E-state index contributed by atoms with van der Waals surface area (Å²) in [6, 6.07) is 14.8. The van der Waals surface area contributed by atoms with Crippen molar-refractivity contribution in [1.29, 1.82) is 0 Å². The fourth-order valence-electron chi connectivity index (χ4n) is 2.00. The molecule has 2 rings (SSSR count). The number of halogens is 1. The number of benzene rings is 2. The van der Waals surface area contributed by atoms with Gasteiger partial charge in [0.05, 0.1) is 0 Å². The molecule has 0 aliphatic carbocycles. The summed E-state index contributed by atoms with van der Waals surface area (Å²) in [5.74, 6) is 0.936. The molecule has 0 saturated carbocycles. The predicted molar refractivity (Wildman–Crippen MR) is 90.7 cm³/mol. The number of hydrogen-bond donors (Lipinski definition) is 1. The van der Waals surface area contributed by atoms with Crippen LogP contribution >= 0.6 is 11.6 Å². The van der Waals surface area contributed by atoms with E-state index >= 15 is 0 Å². The van der Waals surface area contributed by atoms with Crippen LogP contribution in [-0.4, -0.2) is 12.0 Å². The van der Waals surface area contributed by atoms with Crippen LogP contribution in [0.4, 0.5) is 5.69 Å². The molecule has 0 radical (unpaired) electrons. The zero-order chi connectivity index (χ0) is 16.1. The monoisotopic (exact) mass is 317 g/mol. The van der Waals surface area contributed by atoms with Crippen LogP contribution in [0.2, 0.25) is 5.02 Å². The van der Waals surface area contributed by atoms with E-state index in [0.29, 0.717) is 22.4 Å². The number of nitrogens with one attached hydrogen (secondary N) is 1. The van der Waals surface area contributed by atoms with Gasteiger partial charge in [-0.25, -0.2) is 0 Å². The summed E-state index contributed by atoms with van der Waals surface area (Å²) in [4.78, 5) is 12.1. The first-order valence-electron chi connectivity index (χ1n) is 7.29. The molecule has 0 heterocycles. The van der Waals surface area contributed by atoms with Gasteiger partial charge >= 0.3 is 0 Å². The van der Waals surface area contributed by atoms with Gasteiger partial charge in [0, 0.05) is 10.7 Å². The molecule has 1 N–H and O–H groups in total. The van der Waals surface area contributed by atoms with Crippen LogP contribution in [0.15, 0.2) is 48.5 Å². The number of anilines is 1. The molecular formula is C18H20ClNO2. The summed E-state index contributed by atoms with van der Waals surface area (Å²) < 4.78 is 5.67. The summed E-state index contributed by atoms with van der Waals surface area (Å²) in [5, 5.41) is 3.36. The van der Waals surface area contributed by atoms with Crippen LogP contribution < -0.4 is 10.1 Å². The lowest BCUT2D eigenvalue weighted by molar-refractivity contribution is -0.122. The fourth-order valence-corrected chi connectivity index (χ4v) is 2.19. The van der Waals surface area contributed by atoms with Gasteiger partial charge in [0.2, 0.25) is 0 Å². The SMILES string of the molecule is CC(C)c1ccc(O[C@H](C)C(=O)Nc2cccc(Cl)c2)cc1. The number of carbonyl (C=O) groups is 1. The average Bonchev–Trinajstić information content (AvgIpc) is 2.47. The molecule has 2 aromatic rings. The molecule has 0 aliphatic rings. The first-order valence-corrected chi connectivity index (χ1v) is 7.66. The van der Waals surface area contributed by atoms with E-state index in [1.165, 1.54) is 5.56 Å². The van der Waals surface area contributed by atoms with Crippen LogP contribution in [0.25, 0.3) is 0 Å². The van der Waals surface area contributed by atoms with Crippen molar-refractivity contribution in [1.82, 2.24) is 0 Å². The average molecular weight is 318 g/mol. The maximum atomic E-state index is 12.1. The topological polar surface area (TPSA) is 38.3 Å². The molecule has 0 fully saturated rings. The van der Waals surface area contributed by atoms with Crippen molar-refractivity contribution < 1.29 is 9.53 Å². The molecule has 0 unspecified atom stereocenters. The first kappa shape index (κ1) is 16.4. The van der Waals surface area contributed by atoms with Crippen molar-refractivity contribution in [3.05, 3.63) is 59.1 Å². The van der Waals surface area contributed by atoms with Crippen molar-refractivity contribution in [3.8, 4) is 5.75 Å². The Morgan fingerprint density at radius 2 is 1.77 bits per heavy atom. The molecule has 0 aromatic heterocycles. The van der Waals surface area contributed by atoms with Crippen LogP contribution in [0, 0.1) is 0 Å². The summed E-state index contributed by atoms with van der Waals surface area (Å²) in [6.45, 7) is 5.99. The van der Waals surface area contributed by atoms with E-state index in [1.54, 1.807) is 31.2 Å². The molecule has 0 bridgehead atoms. The Bertz CT molecular complexity index is 638. The molecule has 4 heteroatoms. The van der Waals surface area contributed by atoms with E-state index in [4.69, 9.17) is 16.3 Å². The van der Waals surface area contributed by atoms with Crippen molar-refractivity contribution in [2.24, 2.45) is 0 Å². The number of amides is 1. The van der Waals surface area contributed by atoms with Gasteiger partial charge in [0.25, 0.3) is 5.91 Å². The largest absolute Gasteiger partial charge is 0.481 e. The number of ether oxygens (including phenoxy) is 1. The van der Waals surface area contributed by atoms with E-state index < -0.39 is 6.10 Å². The maximum absolute atomic E-state index is 12.1. The Morgan fingerprint density at radius 3 is 2.36 bits per heavy atom. The van der Waals surface area contributed by atoms with Crippen LogP contribution in [0.1, 0.15) is 32.3 Å². The molecule has 0 saturated heterocycles. The second-order valence-corrected chi connectivity index (χ2v) is 5.92. The smallest absolute Gasteiger partial charge is 0.265 e. The van der Waals surface area contributed by atoms with Crippen molar-refractivity contribution in [2.75, 3.05) is 5.32 Å². The van der Waals surface area contributed by atoms with Crippen LogP contribution in [0.5, 0.6) is 5.75 Å². The van der Waals surface area contributed by atoms with Gasteiger partial charge in [-0.2, -0.15) is 0 Å². The Kier molecular flexibility index (Phi) is 5.45. The Labute approximate surface area is 136 Å². The van der Waals surface area contributed by atoms with Gasteiger partial charge in [0.15, 0.2) is 6.10 Å². The predicted octanol–water partition coefficient (Wildman–Crippen LogP) is 4.87. The van der Waals surface area contributed by atoms with Crippen molar-refractivity contribution in [2.45, 2.75) is 32.8 Å². The minimum atomic E-state index is -0.594. The highest BCUT2D eigenvalue weighted by Crippen LogP contribution is 2.20.